The molecule has 3 aliphatic carbocycles. The molecule has 0 radical (unpaired) electrons. The number of nitrogens with zero attached hydrogens (tertiary/aromatic N) is 2. The van der Waals surface area contributed by atoms with Crippen LogP contribution >= 0.6 is 11.3 Å². The predicted octanol–water partition coefficient (Wildman–Crippen LogP) is 17.0. The molecular formula is C66H75BN2S. The third kappa shape index (κ3) is 6.77. The first kappa shape index (κ1) is 46.0. The van der Waals surface area contributed by atoms with Crippen molar-refractivity contribution in [1.82, 2.24) is 0 Å². The lowest BCUT2D eigenvalue weighted by Crippen LogP contribution is -2.61. The molecule has 12 rings (SSSR count). The second-order valence-corrected chi connectivity index (χ2v) is 28.5. The molecule has 358 valence electrons. The molecule has 0 spiro atoms. The van der Waals surface area contributed by atoms with Gasteiger partial charge in [0.1, 0.15) is 0 Å². The minimum Gasteiger partial charge on any atom is -0.311 e. The van der Waals surface area contributed by atoms with Gasteiger partial charge in [-0.1, -0.05) is 158 Å². The van der Waals surface area contributed by atoms with Crippen molar-refractivity contribution >= 4 is 78.0 Å². The molecule has 0 fully saturated rings. The Labute approximate surface area is 425 Å². The van der Waals surface area contributed by atoms with Gasteiger partial charge in [0.25, 0.3) is 6.71 Å². The summed E-state index contributed by atoms with van der Waals surface area (Å²) in [6.45, 7) is 36.9. The van der Waals surface area contributed by atoms with E-state index in [9.17, 15) is 0 Å². The minimum absolute atomic E-state index is 0.0416. The highest BCUT2D eigenvalue weighted by Crippen LogP contribution is 2.56. The summed E-state index contributed by atoms with van der Waals surface area (Å²) in [6, 6.07) is 44.3. The quantitative estimate of drug-likeness (QED) is 0.163. The minimum atomic E-state index is 0.0416. The molecule has 5 aliphatic rings. The van der Waals surface area contributed by atoms with E-state index in [4.69, 9.17) is 0 Å². The van der Waals surface area contributed by atoms with Crippen molar-refractivity contribution in [3.8, 4) is 11.1 Å². The van der Waals surface area contributed by atoms with E-state index in [-0.39, 0.29) is 44.6 Å². The highest BCUT2D eigenvalue weighted by molar-refractivity contribution is 7.33. The zero-order chi connectivity index (χ0) is 49.5. The summed E-state index contributed by atoms with van der Waals surface area (Å²) in [6.07, 6.45) is 7.13. The van der Waals surface area contributed by atoms with Gasteiger partial charge in [0, 0.05) is 43.3 Å². The van der Waals surface area contributed by atoms with Gasteiger partial charge in [-0.3, -0.25) is 0 Å². The zero-order valence-corrected chi connectivity index (χ0v) is 45.8. The molecule has 1 aromatic heterocycles. The molecule has 2 aliphatic heterocycles. The number of fused-ring (bicyclic) bond motifs is 9. The monoisotopic (exact) mass is 939 g/mol. The summed E-state index contributed by atoms with van der Waals surface area (Å²) in [5.41, 5.74) is 24.2. The van der Waals surface area contributed by atoms with Crippen molar-refractivity contribution in [3.05, 3.63) is 148 Å². The van der Waals surface area contributed by atoms with E-state index in [1.807, 2.05) is 0 Å². The van der Waals surface area contributed by atoms with Crippen LogP contribution in [-0.4, -0.2) is 6.71 Å². The summed E-state index contributed by atoms with van der Waals surface area (Å²) >= 11 is 2.07. The zero-order valence-electron chi connectivity index (χ0n) is 45.0. The van der Waals surface area contributed by atoms with Crippen LogP contribution in [0.4, 0.5) is 34.1 Å². The van der Waals surface area contributed by atoms with Crippen molar-refractivity contribution < 1.29 is 0 Å². The van der Waals surface area contributed by atoms with Gasteiger partial charge >= 0.3 is 0 Å². The van der Waals surface area contributed by atoms with E-state index >= 15 is 0 Å². The largest absolute Gasteiger partial charge is 0.311 e. The number of hydrogen-bond donors (Lipinski definition) is 0. The summed E-state index contributed by atoms with van der Waals surface area (Å²) < 4.78 is 2.88. The van der Waals surface area contributed by atoms with Crippen molar-refractivity contribution in [2.24, 2.45) is 0 Å². The van der Waals surface area contributed by atoms with E-state index in [1.54, 1.807) is 0 Å². The van der Waals surface area contributed by atoms with Gasteiger partial charge in [0.15, 0.2) is 0 Å². The van der Waals surface area contributed by atoms with E-state index < -0.39 is 0 Å². The third-order valence-corrected chi connectivity index (χ3v) is 20.0. The second-order valence-electron chi connectivity index (χ2n) is 27.4. The number of anilines is 6. The molecule has 0 amide bonds. The first-order valence-electron chi connectivity index (χ1n) is 26.7. The Balaban J connectivity index is 1.24. The van der Waals surface area contributed by atoms with Crippen molar-refractivity contribution in [2.45, 2.75) is 180 Å². The Morgan fingerprint density at radius 1 is 0.443 bits per heavy atom. The van der Waals surface area contributed by atoms with E-state index in [1.165, 1.54) is 149 Å². The summed E-state index contributed by atoms with van der Waals surface area (Å²) in [7, 11) is 0. The second kappa shape index (κ2) is 14.8. The Bertz CT molecular complexity index is 3310. The smallest absolute Gasteiger partial charge is 0.264 e. The molecule has 3 heterocycles. The average Bonchev–Trinajstić information content (AvgIpc) is 3.68. The lowest BCUT2D eigenvalue weighted by molar-refractivity contribution is 0.332. The van der Waals surface area contributed by atoms with E-state index in [0.29, 0.717) is 0 Å². The maximum atomic E-state index is 2.73. The highest BCUT2D eigenvalue weighted by Gasteiger charge is 2.49. The molecular weight excluding hydrogens is 864 g/mol. The molecule has 0 atom stereocenters. The topological polar surface area (TPSA) is 6.48 Å². The van der Waals surface area contributed by atoms with Crippen LogP contribution < -0.4 is 25.5 Å². The fourth-order valence-electron chi connectivity index (χ4n) is 13.8. The Morgan fingerprint density at radius 3 is 1.50 bits per heavy atom. The van der Waals surface area contributed by atoms with Gasteiger partial charge in [-0.25, -0.2) is 0 Å². The van der Waals surface area contributed by atoms with E-state index in [2.05, 4.69) is 234 Å². The van der Waals surface area contributed by atoms with Crippen LogP contribution in [-0.2, 0) is 37.9 Å². The number of thiophene rings is 1. The molecule has 0 unspecified atom stereocenters. The molecule has 0 saturated carbocycles. The van der Waals surface area contributed by atoms with Crippen molar-refractivity contribution in [3.63, 3.8) is 0 Å². The molecule has 2 nitrogen and oxygen atoms in total. The highest BCUT2D eigenvalue weighted by atomic mass is 32.1. The lowest BCUT2D eigenvalue weighted by Gasteiger charge is -2.47. The molecule has 4 heteroatoms. The van der Waals surface area contributed by atoms with Gasteiger partial charge in [0.05, 0.1) is 5.69 Å². The fourth-order valence-corrected chi connectivity index (χ4v) is 15.1. The van der Waals surface area contributed by atoms with Gasteiger partial charge < -0.3 is 9.80 Å². The van der Waals surface area contributed by atoms with Gasteiger partial charge in [-0.2, -0.15) is 0 Å². The summed E-state index contributed by atoms with van der Waals surface area (Å²) in [4.78, 5) is 5.44. The lowest BCUT2D eigenvalue weighted by atomic mass is 9.35. The third-order valence-electron chi connectivity index (χ3n) is 18.8. The Hall–Kier alpha value is -5.06. The summed E-state index contributed by atoms with van der Waals surface area (Å²) in [5.74, 6) is 0. The van der Waals surface area contributed by atoms with Crippen molar-refractivity contribution in [2.75, 3.05) is 9.80 Å². The number of rotatable bonds is 3. The Kier molecular flexibility index (Phi) is 9.72. The fraction of sp³-hybridized carbons (Fsp3) is 0.424. The van der Waals surface area contributed by atoms with E-state index in [0.717, 1.165) is 0 Å². The number of benzene rings is 6. The normalized spacial score (nSPS) is 20.5. The van der Waals surface area contributed by atoms with Crippen LogP contribution in [0.2, 0.25) is 0 Å². The predicted molar refractivity (Wildman–Crippen MR) is 306 cm³/mol. The van der Waals surface area contributed by atoms with Gasteiger partial charge in [-0.15, -0.1) is 11.3 Å². The maximum Gasteiger partial charge on any atom is 0.264 e. The number of hydrogen-bond acceptors (Lipinski definition) is 3. The molecule has 0 saturated heterocycles. The molecule has 0 N–H and O–H groups in total. The first-order valence-corrected chi connectivity index (χ1v) is 27.5. The van der Waals surface area contributed by atoms with Crippen LogP contribution in [0.3, 0.4) is 0 Å². The molecule has 70 heavy (non-hydrogen) atoms. The standard InChI is InChI=1S/C66H75BN2S/c1-60(2,3)42-21-23-43(24-22-42)69-55-34-41(40-19-17-16-18-20-40)33-54-57(55)67(59-58(69)45-36-48-51(39-56(45)70-59)66(14,15)32-29-63(48,8)9)52-37-49-50(65(12,13)31-30-64(49,10)11)38-53(52)68(54)44-25-26-46-47(35-44)62(6,7)28-27-61(46,4)5/h16-26,33-39H,27-32H2,1-15H3. The van der Waals surface area contributed by atoms with Gasteiger partial charge in [0.2, 0.25) is 0 Å². The van der Waals surface area contributed by atoms with Crippen LogP contribution in [0.1, 0.15) is 181 Å². The van der Waals surface area contributed by atoms with Gasteiger partial charge in [-0.05, 0) is 192 Å². The maximum absolute atomic E-state index is 2.73. The van der Waals surface area contributed by atoms with Crippen LogP contribution in [0.5, 0.6) is 0 Å². The van der Waals surface area contributed by atoms with Crippen molar-refractivity contribution in [1.29, 1.82) is 0 Å². The first-order chi connectivity index (χ1) is 32.8. The Morgan fingerprint density at radius 2 is 0.929 bits per heavy atom. The van der Waals surface area contributed by atoms with Crippen LogP contribution in [0, 0.1) is 0 Å². The summed E-state index contributed by atoms with van der Waals surface area (Å²) in [5, 5.41) is 1.39. The van der Waals surface area contributed by atoms with Crippen LogP contribution in [0.15, 0.2) is 109 Å². The average molecular weight is 939 g/mol. The van der Waals surface area contributed by atoms with Crippen LogP contribution in [0.25, 0.3) is 21.2 Å². The molecule has 7 aromatic rings. The molecule has 0 bridgehead atoms. The molecule has 6 aromatic carbocycles. The SMILES string of the molecule is CC(C)(C)c1ccc(N2c3cc(-c4ccccc4)cc4c3B(c3cc5c(cc3N4c3ccc4c(c3)C(C)(C)CCC4(C)C)C(C)(C)CCC5(C)C)c3sc4cc5c(cc4c32)C(C)(C)CCC5(C)C)cc1.